The molecule has 8 heteroatoms. The molecule has 0 bridgehead atoms. The van der Waals surface area contributed by atoms with E-state index in [1.54, 1.807) is 0 Å². The van der Waals surface area contributed by atoms with Gasteiger partial charge >= 0.3 is 35.5 Å². The van der Waals surface area contributed by atoms with Gasteiger partial charge in [0.05, 0.1) is 19.8 Å². The van der Waals surface area contributed by atoms with E-state index < -0.39 is 21.0 Å². The van der Waals surface area contributed by atoms with Crippen LogP contribution in [0.5, 0.6) is 5.75 Å². The second-order valence-electron chi connectivity index (χ2n) is 2.83. The molecule has 0 fully saturated rings. The molecule has 0 aliphatic heterocycles. The molecule has 0 radical (unpaired) electrons. The van der Waals surface area contributed by atoms with Crippen LogP contribution < -0.4 is 34.3 Å². The van der Waals surface area contributed by atoms with Crippen molar-refractivity contribution in [1.82, 2.24) is 0 Å². The van der Waals surface area contributed by atoms with Crippen molar-refractivity contribution >= 4 is 16.1 Å². The summed E-state index contributed by atoms with van der Waals surface area (Å²) in [4.78, 5) is 10.8. The van der Waals surface area contributed by atoms with Gasteiger partial charge in [-0.1, -0.05) is 0 Å². The van der Waals surface area contributed by atoms with E-state index >= 15 is 0 Å². The second-order valence-corrected chi connectivity index (χ2v) is 4.22. The van der Waals surface area contributed by atoms with Crippen LogP contribution in [0.3, 0.4) is 0 Å². The van der Waals surface area contributed by atoms with Gasteiger partial charge in [0, 0.05) is 0 Å². The molecule has 1 aromatic carbocycles. The normalized spacial score (nSPS) is 10.3. The van der Waals surface area contributed by atoms with Gasteiger partial charge in [0.15, 0.2) is 0 Å². The molecule has 0 unspecified atom stereocenters. The van der Waals surface area contributed by atoms with Crippen LogP contribution in [0.25, 0.3) is 0 Å². The van der Waals surface area contributed by atoms with Gasteiger partial charge in [-0.2, -0.15) is 8.42 Å². The Balaban J connectivity index is 0. The molecule has 0 aliphatic carbocycles. The first-order valence-corrected chi connectivity index (χ1v) is 5.58. The molecule has 0 saturated carbocycles. The number of hydrogen-bond acceptors (Lipinski definition) is 5. The fraction of sp³-hybridized carbons (Fsp3) is 0.222. The topological polar surface area (TPSA) is 89.9 Å². The van der Waals surface area contributed by atoms with E-state index in [1.807, 2.05) is 0 Å². The molecule has 0 aliphatic rings. The molecular weight excluding hydrogens is 259 g/mol. The predicted octanol–water partition coefficient (Wildman–Crippen LogP) is -2.15. The number of methoxy groups -OCH3 is 2. The molecule has 90 valence electrons. The van der Waals surface area contributed by atoms with Gasteiger partial charge < -0.3 is 10.9 Å². The maximum atomic E-state index is 11.3. The number of hydrogen-bond donors (Lipinski definition) is 1. The Morgan fingerprint density at radius 1 is 1.35 bits per heavy atom. The number of carbonyl (C=O) groups excluding carboxylic acids is 1. The fourth-order valence-electron chi connectivity index (χ4n) is 1.13. The van der Waals surface area contributed by atoms with Crippen molar-refractivity contribution in [2.45, 2.75) is 4.90 Å². The Bertz CT molecular complexity index is 516. The Morgan fingerprint density at radius 3 is 2.35 bits per heavy atom. The van der Waals surface area contributed by atoms with Crippen molar-refractivity contribution in [1.29, 1.82) is 0 Å². The summed E-state index contributed by atoms with van der Waals surface area (Å²) in [5, 5.41) is 0. The molecular formula is C9H11NaO6S. The van der Waals surface area contributed by atoms with E-state index in [-0.39, 0.29) is 42.3 Å². The van der Waals surface area contributed by atoms with Gasteiger partial charge in [0.25, 0.3) is 10.1 Å². The van der Waals surface area contributed by atoms with Crippen LogP contribution in [0.15, 0.2) is 23.1 Å². The van der Waals surface area contributed by atoms with Crippen LogP contribution >= 0.6 is 0 Å². The minimum Gasteiger partial charge on any atom is -1.00 e. The Morgan fingerprint density at radius 2 is 1.94 bits per heavy atom. The summed E-state index contributed by atoms with van der Waals surface area (Å²) in [5.74, 6) is -0.584. The molecule has 1 N–H and O–H groups in total. The summed E-state index contributed by atoms with van der Waals surface area (Å²) < 4.78 is 40.1. The first kappa shape index (κ1) is 16.4. The summed E-state index contributed by atoms with van der Waals surface area (Å²) in [7, 11) is -2.00. The summed E-state index contributed by atoms with van der Waals surface area (Å²) in [5.41, 5.74) is -0.274. The second kappa shape index (κ2) is 6.36. The summed E-state index contributed by atoms with van der Waals surface area (Å²) in [6.45, 7) is 0. The standard InChI is InChI=1S/C9H10O6S.Na.H/c1-14-6-3-4-8(16(11,12)13)7(5-6)9(10)15-2;;/h3-5H,1-2H3,(H,11,12,13);;/q;+1;-1. The molecule has 1 aromatic rings. The average molecular weight is 270 g/mol. The van der Waals surface area contributed by atoms with Crippen LogP contribution in [0, 0.1) is 0 Å². The van der Waals surface area contributed by atoms with Crippen LogP contribution in [0.4, 0.5) is 0 Å². The first-order chi connectivity index (χ1) is 7.40. The van der Waals surface area contributed by atoms with Crippen LogP contribution in [-0.2, 0) is 14.9 Å². The molecule has 0 aromatic heterocycles. The minimum atomic E-state index is -4.47. The Kier molecular flexibility index (Phi) is 6.14. The largest absolute Gasteiger partial charge is 1.00 e. The zero-order valence-electron chi connectivity index (χ0n) is 10.6. The smallest absolute Gasteiger partial charge is 1.00 e. The third-order valence-electron chi connectivity index (χ3n) is 1.87. The fourth-order valence-corrected chi connectivity index (χ4v) is 1.79. The summed E-state index contributed by atoms with van der Waals surface area (Å²) in [6, 6.07) is 3.56. The quantitative estimate of drug-likeness (QED) is 0.382. The van der Waals surface area contributed by atoms with E-state index in [0.29, 0.717) is 0 Å². The third-order valence-corrected chi connectivity index (χ3v) is 2.78. The van der Waals surface area contributed by atoms with Crippen molar-refractivity contribution in [3.05, 3.63) is 23.8 Å². The third kappa shape index (κ3) is 3.97. The molecule has 0 heterocycles. The first-order valence-electron chi connectivity index (χ1n) is 4.14. The minimum absolute atomic E-state index is 0. The number of benzene rings is 1. The molecule has 0 saturated heterocycles. The van der Waals surface area contributed by atoms with Crippen molar-refractivity contribution in [3.8, 4) is 5.75 Å². The SMILES string of the molecule is COC(=O)c1cc(OC)ccc1S(=O)(=O)O.[H-].[Na+]. The van der Waals surface area contributed by atoms with Crippen molar-refractivity contribution in [2.75, 3.05) is 14.2 Å². The van der Waals surface area contributed by atoms with E-state index in [0.717, 1.165) is 13.2 Å². The molecule has 0 amide bonds. The molecule has 0 spiro atoms. The van der Waals surface area contributed by atoms with Gasteiger partial charge in [0.1, 0.15) is 10.6 Å². The van der Waals surface area contributed by atoms with E-state index in [1.165, 1.54) is 19.2 Å². The van der Waals surface area contributed by atoms with Crippen molar-refractivity contribution < 1.29 is 58.2 Å². The van der Waals surface area contributed by atoms with Gasteiger partial charge in [-0.25, -0.2) is 4.79 Å². The van der Waals surface area contributed by atoms with Crippen LogP contribution in [0.1, 0.15) is 11.8 Å². The Labute approximate surface area is 122 Å². The molecule has 17 heavy (non-hydrogen) atoms. The van der Waals surface area contributed by atoms with Gasteiger partial charge in [-0.15, -0.1) is 0 Å². The summed E-state index contributed by atoms with van der Waals surface area (Å²) in [6.07, 6.45) is 0. The van der Waals surface area contributed by atoms with Crippen molar-refractivity contribution in [2.24, 2.45) is 0 Å². The van der Waals surface area contributed by atoms with Gasteiger partial charge in [-0.3, -0.25) is 4.55 Å². The number of carbonyl (C=O) groups is 1. The monoisotopic (exact) mass is 270 g/mol. The predicted molar refractivity (Wildman–Crippen MR) is 55.3 cm³/mol. The zero-order valence-corrected chi connectivity index (χ0v) is 12.4. The molecule has 6 nitrogen and oxygen atoms in total. The van der Waals surface area contributed by atoms with Gasteiger partial charge in [-0.05, 0) is 18.2 Å². The van der Waals surface area contributed by atoms with Gasteiger partial charge in [0.2, 0.25) is 0 Å². The van der Waals surface area contributed by atoms with E-state index in [9.17, 15) is 13.2 Å². The van der Waals surface area contributed by atoms with Crippen LogP contribution in [0.2, 0.25) is 0 Å². The van der Waals surface area contributed by atoms with Crippen LogP contribution in [-0.4, -0.2) is 33.2 Å². The average Bonchev–Trinajstić information content (AvgIpc) is 2.25. The number of ether oxygens (including phenoxy) is 2. The zero-order chi connectivity index (χ0) is 12.3. The number of esters is 1. The molecule has 0 atom stereocenters. The van der Waals surface area contributed by atoms with E-state index in [2.05, 4.69) is 4.74 Å². The summed E-state index contributed by atoms with van der Waals surface area (Å²) >= 11 is 0. The molecule has 1 rings (SSSR count). The number of rotatable bonds is 3. The maximum absolute atomic E-state index is 11.3. The Hall–Kier alpha value is -0.600. The van der Waals surface area contributed by atoms with Crippen molar-refractivity contribution in [3.63, 3.8) is 0 Å². The van der Waals surface area contributed by atoms with E-state index in [4.69, 9.17) is 9.29 Å². The maximum Gasteiger partial charge on any atom is 1.00 e.